The number of hydrogen-bond donors (Lipinski definition) is 1. The fourth-order valence-corrected chi connectivity index (χ4v) is 2.00. The lowest BCUT2D eigenvalue weighted by Gasteiger charge is -2.23. The SMILES string of the molecule is Cc1ccc(F)c(OC(c2cccc(F)c2)C(C)N)c1. The second-order valence-corrected chi connectivity index (χ2v) is 4.89. The summed E-state index contributed by atoms with van der Waals surface area (Å²) in [6.07, 6.45) is -0.609. The normalized spacial score (nSPS) is 13.8. The van der Waals surface area contributed by atoms with E-state index in [1.54, 1.807) is 31.2 Å². The first-order valence-electron chi connectivity index (χ1n) is 6.41. The molecule has 0 spiro atoms. The molecule has 0 bridgehead atoms. The number of aryl methyl sites for hydroxylation is 1. The maximum absolute atomic E-state index is 13.7. The molecule has 2 unspecified atom stereocenters. The molecule has 0 saturated heterocycles. The summed E-state index contributed by atoms with van der Waals surface area (Å²) in [6, 6.07) is 10.2. The summed E-state index contributed by atoms with van der Waals surface area (Å²) in [5.74, 6) is -0.712. The lowest BCUT2D eigenvalue weighted by Crippen LogP contribution is -2.29. The minimum absolute atomic E-state index is 0.122. The molecule has 0 aliphatic carbocycles. The Labute approximate surface area is 117 Å². The quantitative estimate of drug-likeness (QED) is 0.924. The molecule has 2 aromatic rings. The highest BCUT2D eigenvalue weighted by Gasteiger charge is 2.20. The van der Waals surface area contributed by atoms with Crippen LogP contribution in [-0.2, 0) is 0 Å². The molecule has 2 N–H and O–H groups in total. The Bertz CT molecular complexity index is 599. The smallest absolute Gasteiger partial charge is 0.165 e. The van der Waals surface area contributed by atoms with Gasteiger partial charge in [-0.25, -0.2) is 8.78 Å². The first-order chi connectivity index (χ1) is 9.47. The van der Waals surface area contributed by atoms with E-state index in [1.807, 2.05) is 6.92 Å². The highest BCUT2D eigenvalue weighted by Crippen LogP contribution is 2.27. The van der Waals surface area contributed by atoms with Gasteiger partial charge in [-0.05, 0) is 49.2 Å². The van der Waals surface area contributed by atoms with Crippen molar-refractivity contribution in [1.82, 2.24) is 0 Å². The van der Waals surface area contributed by atoms with Crippen molar-refractivity contribution in [2.24, 2.45) is 5.73 Å². The van der Waals surface area contributed by atoms with Crippen LogP contribution < -0.4 is 10.5 Å². The number of hydrogen-bond acceptors (Lipinski definition) is 2. The Kier molecular flexibility index (Phi) is 4.35. The molecule has 2 atom stereocenters. The summed E-state index contributed by atoms with van der Waals surface area (Å²) in [5.41, 5.74) is 7.35. The summed E-state index contributed by atoms with van der Waals surface area (Å²) in [5, 5.41) is 0. The predicted octanol–water partition coefficient (Wildman–Crippen LogP) is 3.74. The van der Waals surface area contributed by atoms with Crippen LogP contribution in [0.4, 0.5) is 8.78 Å². The van der Waals surface area contributed by atoms with Crippen LogP contribution in [0.5, 0.6) is 5.75 Å². The van der Waals surface area contributed by atoms with E-state index in [0.717, 1.165) is 5.56 Å². The molecule has 2 aromatic carbocycles. The van der Waals surface area contributed by atoms with Crippen molar-refractivity contribution in [3.8, 4) is 5.75 Å². The Morgan fingerprint density at radius 3 is 2.50 bits per heavy atom. The Hall–Kier alpha value is -1.94. The van der Waals surface area contributed by atoms with E-state index in [2.05, 4.69) is 0 Å². The van der Waals surface area contributed by atoms with Gasteiger partial charge in [-0.2, -0.15) is 0 Å². The first kappa shape index (κ1) is 14.5. The van der Waals surface area contributed by atoms with Gasteiger partial charge in [-0.1, -0.05) is 18.2 Å². The van der Waals surface area contributed by atoms with E-state index in [9.17, 15) is 8.78 Å². The minimum Gasteiger partial charge on any atom is -0.481 e. The largest absolute Gasteiger partial charge is 0.481 e. The topological polar surface area (TPSA) is 35.2 Å². The zero-order chi connectivity index (χ0) is 14.7. The van der Waals surface area contributed by atoms with Crippen LogP contribution in [0, 0.1) is 18.6 Å². The molecule has 0 amide bonds. The van der Waals surface area contributed by atoms with Gasteiger partial charge in [-0.3, -0.25) is 0 Å². The highest BCUT2D eigenvalue weighted by molar-refractivity contribution is 5.31. The molecule has 0 heterocycles. The van der Waals surface area contributed by atoms with Crippen molar-refractivity contribution in [3.63, 3.8) is 0 Å². The molecule has 0 aromatic heterocycles. The number of nitrogens with two attached hydrogens (primary N) is 1. The fraction of sp³-hybridized carbons (Fsp3) is 0.250. The average Bonchev–Trinajstić information content (AvgIpc) is 2.39. The lowest BCUT2D eigenvalue weighted by molar-refractivity contribution is 0.172. The predicted molar refractivity (Wildman–Crippen MR) is 74.6 cm³/mol. The van der Waals surface area contributed by atoms with Gasteiger partial charge in [0.15, 0.2) is 11.6 Å². The van der Waals surface area contributed by atoms with Crippen LogP contribution in [0.3, 0.4) is 0 Å². The van der Waals surface area contributed by atoms with Crippen molar-refractivity contribution >= 4 is 0 Å². The molecule has 0 aliphatic rings. The molecule has 0 radical (unpaired) electrons. The van der Waals surface area contributed by atoms with E-state index < -0.39 is 18.0 Å². The third kappa shape index (κ3) is 3.33. The summed E-state index contributed by atoms with van der Waals surface area (Å²) in [7, 11) is 0. The Morgan fingerprint density at radius 2 is 1.85 bits per heavy atom. The zero-order valence-electron chi connectivity index (χ0n) is 11.4. The molecule has 0 fully saturated rings. The van der Waals surface area contributed by atoms with Crippen molar-refractivity contribution < 1.29 is 13.5 Å². The zero-order valence-corrected chi connectivity index (χ0v) is 11.4. The standard InChI is InChI=1S/C16H17F2NO/c1-10-6-7-14(18)15(8-10)20-16(11(2)19)12-4-3-5-13(17)9-12/h3-9,11,16H,19H2,1-2H3. The van der Waals surface area contributed by atoms with Crippen molar-refractivity contribution in [2.45, 2.75) is 26.0 Å². The van der Waals surface area contributed by atoms with E-state index in [-0.39, 0.29) is 11.6 Å². The molecule has 2 nitrogen and oxygen atoms in total. The second-order valence-electron chi connectivity index (χ2n) is 4.89. The molecule has 20 heavy (non-hydrogen) atoms. The number of benzene rings is 2. The van der Waals surface area contributed by atoms with Crippen LogP contribution in [0.1, 0.15) is 24.2 Å². The summed E-state index contributed by atoms with van der Waals surface area (Å²) in [4.78, 5) is 0. The third-order valence-electron chi connectivity index (χ3n) is 3.00. The lowest BCUT2D eigenvalue weighted by atomic mass is 10.0. The van der Waals surface area contributed by atoms with Crippen molar-refractivity contribution in [1.29, 1.82) is 0 Å². The van der Waals surface area contributed by atoms with Crippen molar-refractivity contribution in [2.75, 3.05) is 0 Å². The maximum Gasteiger partial charge on any atom is 0.165 e. The van der Waals surface area contributed by atoms with Gasteiger partial charge in [0, 0.05) is 6.04 Å². The highest BCUT2D eigenvalue weighted by atomic mass is 19.1. The average molecular weight is 277 g/mol. The monoisotopic (exact) mass is 277 g/mol. The van der Waals surface area contributed by atoms with Crippen LogP contribution >= 0.6 is 0 Å². The number of ether oxygens (including phenoxy) is 1. The van der Waals surface area contributed by atoms with E-state index in [0.29, 0.717) is 5.56 Å². The first-order valence-corrected chi connectivity index (χ1v) is 6.41. The molecule has 0 saturated carbocycles. The molecule has 4 heteroatoms. The second kappa shape index (κ2) is 6.01. The molecule has 2 rings (SSSR count). The van der Waals surface area contributed by atoms with Gasteiger partial charge in [0.25, 0.3) is 0 Å². The number of halogens is 2. The van der Waals surface area contributed by atoms with Crippen molar-refractivity contribution in [3.05, 3.63) is 65.2 Å². The van der Waals surface area contributed by atoms with Gasteiger partial charge in [0.05, 0.1) is 0 Å². The Morgan fingerprint density at radius 1 is 1.10 bits per heavy atom. The van der Waals surface area contributed by atoms with Gasteiger partial charge >= 0.3 is 0 Å². The maximum atomic E-state index is 13.7. The summed E-state index contributed by atoms with van der Waals surface area (Å²) in [6.45, 7) is 3.58. The molecule has 0 aliphatic heterocycles. The molecule has 106 valence electrons. The molecular weight excluding hydrogens is 260 g/mol. The Balaban J connectivity index is 2.33. The van der Waals surface area contributed by atoms with Gasteiger partial charge in [-0.15, -0.1) is 0 Å². The fourth-order valence-electron chi connectivity index (χ4n) is 2.00. The van der Waals surface area contributed by atoms with Crippen LogP contribution in [0.15, 0.2) is 42.5 Å². The van der Waals surface area contributed by atoms with E-state index in [1.165, 1.54) is 18.2 Å². The van der Waals surface area contributed by atoms with Gasteiger partial charge in [0.1, 0.15) is 11.9 Å². The number of rotatable bonds is 4. The van der Waals surface area contributed by atoms with Crippen LogP contribution in [0.2, 0.25) is 0 Å². The van der Waals surface area contributed by atoms with Crippen LogP contribution in [0.25, 0.3) is 0 Å². The van der Waals surface area contributed by atoms with Gasteiger partial charge in [0.2, 0.25) is 0 Å². The van der Waals surface area contributed by atoms with Gasteiger partial charge < -0.3 is 10.5 Å². The summed E-state index contributed by atoms with van der Waals surface area (Å²) >= 11 is 0. The minimum atomic E-state index is -0.609. The molecular formula is C16H17F2NO. The van der Waals surface area contributed by atoms with E-state index >= 15 is 0 Å². The summed E-state index contributed by atoms with van der Waals surface area (Å²) < 4.78 is 32.7. The van der Waals surface area contributed by atoms with Crippen LogP contribution in [-0.4, -0.2) is 6.04 Å². The van der Waals surface area contributed by atoms with E-state index in [4.69, 9.17) is 10.5 Å². The third-order valence-corrected chi connectivity index (χ3v) is 3.00.